The summed E-state index contributed by atoms with van der Waals surface area (Å²) in [5.41, 5.74) is 2.80. The van der Waals surface area contributed by atoms with Gasteiger partial charge < -0.3 is 15.1 Å². The number of alkyl halides is 3. The first-order valence-electron chi connectivity index (χ1n) is 10.4. The molecule has 3 heterocycles. The van der Waals surface area contributed by atoms with E-state index in [1.807, 2.05) is 18.2 Å². The number of nitrogens with zero attached hydrogens (tertiary/aromatic N) is 4. The lowest BCUT2D eigenvalue weighted by atomic mass is 9.92. The summed E-state index contributed by atoms with van der Waals surface area (Å²) in [4.78, 5) is 0. The van der Waals surface area contributed by atoms with E-state index in [1.165, 1.54) is 11.8 Å². The Labute approximate surface area is 181 Å². The van der Waals surface area contributed by atoms with Gasteiger partial charge in [0.2, 0.25) is 0 Å². The van der Waals surface area contributed by atoms with Gasteiger partial charge in [-0.15, -0.1) is 5.10 Å². The van der Waals surface area contributed by atoms with E-state index in [-0.39, 0.29) is 17.8 Å². The van der Waals surface area contributed by atoms with Crippen LogP contribution in [0.3, 0.4) is 0 Å². The number of aromatic nitrogens is 4. The van der Waals surface area contributed by atoms with E-state index in [9.17, 15) is 13.2 Å². The second-order valence-corrected chi connectivity index (χ2v) is 7.83. The number of rotatable bonds is 5. The predicted molar refractivity (Wildman–Crippen MR) is 111 cm³/mol. The summed E-state index contributed by atoms with van der Waals surface area (Å²) >= 11 is 0. The summed E-state index contributed by atoms with van der Waals surface area (Å²) < 4.78 is 46.3. The van der Waals surface area contributed by atoms with E-state index >= 15 is 0 Å². The van der Waals surface area contributed by atoms with Gasteiger partial charge in [-0.05, 0) is 53.6 Å². The first-order chi connectivity index (χ1) is 15.5. The highest BCUT2D eigenvalue weighted by Crippen LogP contribution is 2.31. The number of fused-ring (bicyclic) bond motifs is 1. The molecule has 4 aromatic rings. The Bertz CT molecular complexity index is 1200. The smallest absolute Gasteiger partial charge is 0.453 e. The summed E-state index contributed by atoms with van der Waals surface area (Å²) in [6.07, 6.45) is -1.11. The summed E-state index contributed by atoms with van der Waals surface area (Å²) in [5.74, 6) is -1.17. The molecule has 0 radical (unpaired) electrons. The van der Waals surface area contributed by atoms with Crippen LogP contribution >= 0.6 is 0 Å². The maximum absolute atomic E-state index is 13.3. The third-order valence-corrected chi connectivity index (χ3v) is 5.75. The van der Waals surface area contributed by atoms with Gasteiger partial charge in [0.15, 0.2) is 0 Å². The van der Waals surface area contributed by atoms with Gasteiger partial charge in [0.1, 0.15) is 5.58 Å². The molecular formula is C22H21F3N6O. The molecule has 7 nitrogen and oxygen atoms in total. The lowest BCUT2D eigenvalue weighted by molar-refractivity contribution is -0.146. The van der Waals surface area contributed by atoms with E-state index in [0.29, 0.717) is 22.2 Å². The van der Waals surface area contributed by atoms with Crippen molar-refractivity contribution >= 4 is 11.0 Å². The minimum atomic E-state index is -4.66. The zero-order chi connectivity index (χ0) is 22.1. The van der Waals surface area contributed by atoms with Crippen LogP contribution in [0.25, 0.3) is 16.7 Å². The van der Waals surface area contributed by atoms with Crippen molar-refractivity contribution in [3.63, 3.8) is 0 Å². The summed E-state index contributed by atoms with van der Waals surface area (Å²) in [6.45, 7) is 1.37. The van der Waals surface area contributed by atoms with E-state index in [1.54, 1.807) is 18.2 Å². The Kier molecular flexibility index (Phi) is 5.40. The van der Waals surface area contributed by atoms with Crippen molar-refractivity contribution in [1.29, 1.82) is 0 Å². The van der Waals surface area contributed by atoms with Crippen LogP contribution in [0, 0.1) is 0 Å². The van der Waals surface area contributed by atoms with Crippen molar-refractivity contribution < 1.29 is 17.6 Å². The molecule has 5 rings (SSSR count). The van der Waals surface area contributed by atoms with Crippen LogP contribution in [0.1, 0.15) is 35.8 Å². The van der Waals surface area contributed by atoms with Crippen LogP contribution < -0.4 is 10.6 Å². The van der Waals surface area contributed by atoms with Gasteiger partial charge in [0.05, 0.1) is 12.0 Å². The van der Waals surface area contributed by atoms with Gasteiger partial charge in [0, 0.05) is 29.6 Å². The number of hydrogen-bond acceptors (Lipinski definition) is 6. The van der Waals surface area contributed by atoms with Gasteiger partial charge in [-0.25, -0.2) is 0 Å². The Balaban J connectivity index is 1.45. The lowest BCUT2D eigenvalue weighted by Crippen LogP contribution is -2.45. The maximum Gasteiger partial charge on any atom is 0.453 e. The second-order valence-electron chi connectivity index (χ2n) is 7.83. The standard InChI is InChI=1S/C22H21F3N6O/c23-22(24,25)21-28-29-30-31(21)17-11-15-8-10-32-20(15)16(12-17)13-27-18-7-4-9-26-19(18)14-5-2-1-3-6-14/h1-3,5-6,8,10-12,18-19,26-27H,4,7,9,13H2/t18-,19-/m0/s1. The highest BCUT2D eigenvalue weighted by atomic mass is 19.4. The molecule has 0 spiro atoms. The second kappa shape index (κ2) is 8.36. The Morgan fingerprint density at radius 1 is 1.16 bits per heavy atom. The molecule has 1 saturated heterocycles. The number of halogens is 3. The van der Waals surface area contributed by atoms with Crippen molar-refractivity contribution in [2.75, 3.05) is 6.54 Å². The minimum absolute atomic E-state index is 0.150. The topological polar surface area (TPSA) is 80.8 Å². The van der Waals surface area contributed by atoms with Crippen LogP contribution in [0.15, 0.2) is 59.2 Å². The number of hydrogen-bond donors (Lipinski definition) is 2. The van der Waals surface area contributed by atoms with Crippen LogP contribution in [0.4, 0.5) is 13.2 Å². The quantitative estimate of drug-likeness (QED) is 0.486. The van der Waals surface area contributed by atoms with Crippen LogP contribution in [-0.4, -0.2) is 32.8 Å². The van der Waals surface area contributed by atoms with Gasteiger partial charge >= 0.3 is 6.18 Å². The number of furan rings is 1. The fourth-order valence-electron chi connectivity index (χ4n) is 4.29. The van der Waals surface area contributed by atoms with Crippen LogP contribution in [0.5, 0.6) is 0 Å². The molecule has 2 aromatic heterocycles. The van der Waals surface area contributed by atoms with Crippen LogP contribution in [-0.2, 0) is 12.7 Å². The molecule has 0 unspecified atom stereocenters. The Hall–Kier alpha value is -3.24. The summed E-state index contributed by atoms with van der Waals surface area (Å²) in [6, 6.07) is 15.5. The molecular weight excluding hydrogens is 421 g/mol. The number of tetrazole rings is 1. The van der Waals surface area contributed by atoms with E-state index in [0.717, 1.165) is 24.9 Å². The molecule has 0 amide bonds. The van der Waals surface area contributed by atoms with Crippen molar-refractivity contribution in [2.45, 2.75) is 37.6 Å². The van der Waals surface area contributed by atoms with Gasteiger partial charge in [0.25, 0.3) is 5.82 Å². The molecule has 1 aliphatic heterocycles. The maximum atomic E-state index is 13.3. The molecule has 0 bridgehead atoms. The monoisotopic (exact) mass is 442 g/mol. The molecule has 166 valence electrons. The molecule has 1 aliphatic rings. The lowest BCUT2D eigenvalue weighted by Gasteiger charge is -2.34. The zero-order valence-corrected chi connectivity index (χ0v) is 17.0. The largest absolute Gasteiger partial charge is 0.464 e. The Morgan fingerprint density at radius 3 is 2.81 bits per heavy atom. The van der Waals surface area contributed by atoms with E-state index in [2.05, 4.69) is 38.3 Å². The summed E-state index contributed by atoms with van der Waals surface area (Å²) in [5, 5.41) is 17.8. The molecule has 0 saturated carbocycles. The average molecular weight is 442 g/mol. The highest BCUT2D eigenvalue weighted by Gasteiger charge is 2.38. The van der Waals surface area contributed by atoms with Crippen molar-refractivity contribution in [3.05, 3.63) is 71.7 Å². The minimum Gasteiger partial charge on any atom is -0.464 e. The fourth-order valence-corrected chi connectivity index (χ4v) is 4.29. The number of piperidine rings is 1. The molecule has 2 aromatic carbocycles. The molecule has 1 fully saturated rings. The SMILES string of the molecule is FC(F)(F)c1nnnn1-c1cc(CN[C@H]2CCCN[C@H]2c2ccccc2)c2occc2c1. The van der Waals surface area contributed by atoms with Crippen LogP contribution in [0.2, 0.25) is 0 Å². The number of nitrogens with one attached hydrogen (secondary N) is 2. The normalized spacial score (nSPS) is 19.5. The van der Waals surface area contributed by atoms with Crippen molar-refractivity contribution in [1.82, 2.24) is 30.8 Å². The highest BCUT2D eigenvalue weighted by molar-refractivity contribution is 5.82. The molecule has 0 aliphatic carbocycles. The van der Waals surface area contributed by atoms with Gasteiger partial charge in [-0.3, -0.25) is 0 Å². The van der Waals surface area contributed by atoms with Gasteiger partial charge in [-0.2, -0.15) is 17.9 Å². The Morgan fingerprint density at radius 2 is 2.00 bits per heavy atom. The fraction of sp³-hybridized carbons (Fsp3) is 0.318. The molecule has 32 heavy (non-hydrogen) atoms. The molecule has 2 N–H and O–H groups in total. The molecule has 2 atom stereocenters. The van der Waals surface area contributed by atoms with Crippen molar-refractivity contribution in [3.8, 4) is 5.69 Å². The predicted octanol–water partition coefficient (Wildman–Crippen LogP) is 4.01. The van der Waals surface area contributed by atoms with E-state index in [4.69, 9.17) is 4.42 Å². The average Bonchev–Trinajstić information content (AvgIpc) is 3.47. The first-order valence-corrected chi connectivity index (χ1v) is 10.4. The third kappa shape index (κ3) is 3.98. The summed E-state index contributed by atoms with van der Waals surface area (Å²) in [7, 11) is 0. The van der Waals surface area contributed by atoms with E-state index < -0.39 is 12.0 Å². The van der Waals surface area contributed by atoms with Crippen molar-refractivity contribution in [2.24, 2.45) is 0 Å². The number of benzene rings is 2. The molecule has 10 heteroatoms. The first kappa shape index (κ1) is 20.7. The third-order valence-electron chi connectivity index (χ3n) is 5.75. The van der Waals surface area contributed by atoms with Gasteiger partial charge in [-0.1, -0.05) is 30.3 Å². The zero-order valence-electron chi connectivity index (χ0n) is 17.0.